The van der Waals surface area contributed by atoms with E-state index in [1.807, 2.05) is 20.9 Å². The highest BCUT2D eigenvalue weighted by atomic mass is 79.9. The third-order valence-corrected chi connectivity index (χ3v) is 2.88. The Labute approximate surface area is 87.3 Å². The van der Waals surface area contributed by atoms with Gasteiger partial charge in [0, 0.05) is 13.6 Å². The van der Waals surface area contributed by atoms with E-state index in [1.54, 1.807) is 0 Å². The van der Waals surface area contributed by atoms with Gasteiger partial charge in [0.1, 0.15) is 11.6 Å². The van der Waals surface area contributed by atoms with Crippen LogP contribution in [-0.2, 0) is 0 Å². The van der Waals surface area contributed by atoms with Crippen molar-refractivity contribution in [3.8, 4) is 0 Å². The van der Waals surface area contributed by atoms with Gasteiger partial charge in [0.05, 0.1) is 10.2 Å². The summed E-state index contributed by atoms with van der Waals surface area (Å²) in [6, 6.07) is 0. The Hall–Kier alpha value is -0.640. The van der Waals surface area contributed by atoms with Crippen molar-refractivity contribution < 1.29 is 0 Å². The molecule has 4 heteroatoms. The number of hydrogen-bond acceptors (Lipinski definition) is 3. The summed E-state index contributed by atoms with van der Waals surface area (Å²) in [4.78, 5) is 10.7. The monoisotopic (exact) mass is 243 g/mol. The van der Waals surface area contributed by atoms with Gasteiger partial charge in [-0.25, -0.2) is 9.97 Å². The molecule has 0 unspecified atom stereocenters. The van der Waals surface area contributed by atoms with Crippen molar-refractivity contribution in [3.63, 3.8) is 0 Å². The fraction of sp³-hybridized carbons (Fsp3) is 0.556. The lowest BCUT2D eigenvalue weighted by atomic mass is 10.4. The van der Waals surface area contributed by atoms with Crippen LogP contribution in [0.1, 0.15) is 18.4 Å². The molecule has 1 aromatic rings. The van der Waals surface area contributed by atoms with E-state index in [-0.39, 0.29) is 0 Å². The molecule has 0 aliphatic carbocycles. The van der Waals surface area contributed by atoms with Crippen molar-refractivity contribution in [2.45, 2.75) is 20.8 Å². The molecular formula is C9H14BrN3. The average Bonchev–Trinajstić information content (AvgIpc) is 2.10. The summed E-state index contributed by atoms with van der Waals surface area (Å²) in [6.07, 6.45) is 0. The molecule has 13 heavy (non-hydrogen) atoms. The lowest BCUT2D eigenvalue weighted by molar-refractivity contribution is 0.893. The van der Waals surface area contributed by atoms with Crippen molar-refractivity contribution in [2.24, 2.45) is 0 Å². The van der Waals surface area contributed by atoms with Crippen LogP contribution in [-0.4, -0.2) is 23.6 Å². The predicted octanol–water partition coefficient (Wildman–Crippen LogP) is 2.31. The molecule has 0 bridgehead atoms. The van der Waals surface area contributed by atoms with E-state index in [2.05, 4.69) is 37.7 Å². The highest BCUT2D eigenvalue weighted by molar-refractivity contribution is 9.10. The van der Waals surface area contributed by atoms with Crippen LogP contribution in [0.2, 0.25) is 0 Å². The summed E-state index contributed by atoms with van der Waals surface area (Å²) in [5.74, 6) is 1.78. The molecule has 0 N–H and O–H groups in total. The number of anilines is 1. The Kier molecular flexibility index (Phi) is 3.25. The highest BCUT2D eigenvalue weighted by Crippen LogP contribution is 2.25. The average molecular weight is 244 g/mol. The predicted molar refractivity (Wildman–Crippen MR) is 58.2 cm³/mol. The third kappa shape index (κ3) is 2.18. The SMILES string of the molecule is CCN(C)c1nc(C)nc(C)c1Br. The van der Waals surface area contributed by atoms with Crippen molar-refractivity contribution in [2.75, 3.05) is 18.5 Å². The summed E-state index contributed by atoms with van der Waals surface area (Å²) < 4.78 is 0.988. The third-order valence-electron chi connectivity index (χ3n) is 1.95. The minimum atomic E-state index is 0.816. The van der Waals surface area contributed by atoms with Gasteiger partial charge in [-0.1, -0.05) is 0 Å². The molecule has 1 heterocycles. The van der Waals surface area contributed by atoms with Crippen molar-refractivity contribution in [3.05, 3.63) is 16.0 Å². The molecule has 72 valence electrons. The van der Waals surface area contributed by atoms with Crippen LogP contribution < -0.4 is 4.90 Å². The van der Waals surface area contributed by atoms with Crippen LogP contribution in [0.5, 0.6) is 0 Å². The minimum absolute atomic E-state index is 0.816. The summed E-state index contributed by atoms with van der Waals surface area (Å²) in [7, 11) is 2.02. The minimum Gasteiger partial charge on any atom is -0.359 e. The maximum atomic E-state index is 4.37. The van der Waals surface area contributed by atoms with E-state index >= 15 is 0 Å². The highest BCUT2D eigenvalue weighted by Gasteiger charge is 2.09. The zero-order valence-corrected chi connectivity index (χ0v) is 10.0. The summed E-state index contributed by atoms with van der Waals surface area (Å²) in [5, 5.41) is 0. The number of aromatic nitrogens is 2. The molecule has 1 aromatic heterocycles. The van der Waals surface area contributed by atoms with E-state index in [1.165, 1.54) is 0 Å². The molecular weight excluding hydrogens is 230 g/mol. The Morgan fingerprint density at radius 3 is 2.46 bits per heavy atom. The number of nitrogens with zero attached hydrogens (tertiary/aromatic N) is 3. The fourth-order valence-corrected chi connectivity index (χ4v) is 1.56. The molecule has 0 saturated carbocycles. The van der Waals surface area contributed by atoms with Crippen LogP contribution in [0.3, 0.4) is 0 Å². The van der Waals surface area contributed by atoms with Gasteiger partial charge in [-0.2, -0.15) is 0 Å². The molecule has 0 aromatic carbocycles. The van der Waals surface area contributed by atoms with Crippen LogP contribution in [0.15, 0.2) is 4.47 Å². The first-order chi connectivity index (χ1) is 6.06. The van der Waals surface area contributed by atoms with Gasteiger partial charge in [0.2, 0.25) is 0 Å². The topological polar surface area (TPSA) is 29.0 Å². The first-order valence-electron chi connectivity index (χ1n) is 4.28. The van der Waals surface area contributed by atoms with Crippen LogP contribution in [0.25, 0.3) is 0 Å². The molecule has 3 nitrogen and oxygen atoms in total. The van der Waals surface area contributed by atoms with Crippen molar-refractivity contribution in [1.82, 2.24) is 9.97 Å². The zero-order valence-electron chi connectivity index (χ0n) is 8.43. The maximum absolute atomic E-state index is 4.37. The van der Waals surface area contributed by atoms with Crippen LogP contribution >= 0.6 is 15.9 Å². The Balaban J connectivity index is 3.20. The van der Waals surface area contributed by atoms with Crippen LogP contribution in [0, 0.1) is 13.8 Å². The van der Waals surface area contributed by atoms with E-state index < -0.39 is 0 Å². The standard InChI is InChI=1S/C9H14BrN3/c1-5-13(4)9-8(10)6(2)11-7(3)12-9/h5H2,1-4H3. The number of halogens is 1. The first-order valence-corrected chi connectivity index (χ1v) is 5.07. The molecule has 1 rings (SSSR count). The normalized spacial score (nSPS) is 10.2. The second-order valence-corrected chi connectivity index (χ2v) is 3.80. The number of rotatable bonds is 2. The second kappa shape index (κ2) is 4.05. The first kappa shape index (κ1) is 10.4. The van der Waals surface area contributed by atoms with Crippen molar-refractivity contribution >= 4 is 21.7 Å². The second-order valence-electron chi connectivity index (χ2n) is 3.01. The molecule has 0 aliphatic heterocycles. The van der Waals surface area contributed by atoms with E-state index in [9.17, 15) is 0 Å². The molecule has 0 fully saturated rings. The molecule has 0 spiro atoms. The molecule has 0 radical (unpaired) electrons. The van der Waals surface area contributed by atoms with E-state index in [0.29, 0.717) is 0 Å². The lowest BCUT2D eigenvalue weighted by Crippen LogP contribution is -2.19. The maximum Gasteiger partial charge on any atom is 0.146 e. The van der Waals surface area contributed by atoms with Gasteiger partial charge in [-0.15, -0.1) is 0 Å². The Bertz CT molecular complexity index is 312. The van der Waals surface area contributed by atoms with E-state index in [4.69, 9.17) is 0 Å². The quantitative estimate of drug-likeness (QED) is 0.799. The van der Waals surface area contributed by atoms with Gasteiger partial charge in [-0.05, 0) is 36.7 Å². The number of hydrogen-bond donors (Lipinski definition) is 0. The number of aryl methyl sites for hydroxylation is 2. The van der Waals surface area contributed by atoms with Gasteiger partial charge in [0.25, 0.3) is 0 Å². The largest absolute Gasteiger partial charge is 0.359 e. The molecule has 0 amide bonds. The molecule has 0 saturated heterocycles. The lowest BCUT2D eigenvalue weighted by Gasteiger charge is -2.18. The van der Waals surface area contributed by atoms with E-state index in [0.717, 1.165) is 28.4 Å². The van der Waals surface area contributed by atoms with Gasteiger partial charge >= 0.3 is 0 Å². The van der Waals surface area contributed by atoms with Gasteiger partial charge in [-0.3, -0.25) is 0 Å². The summed E-state index contributed by atoms with van der Waals surface area (Å²) >= 11 is 3.49. The Morgan fingerprint density at radius 1 is 1.31 bits per heavy atom. The summed E-state index contributed by atoms with van der Waals surface area (Å²) in [5.41, 5.74) is 0.989. The molecule has 0 atom stereocenters. The van der Waals surface area contributed by atoms with Crippen molar-refractivity contribution in [1.29, 1.82) is 0 Å². The van der Waals surface area contributed by atoms with Gasteiger partial charge < -0.3 is 4.90 Å². The smallest absolute Gasteiger partial charge is 0.146 e. The van der Waals surface area contributed by atoms with Gasteiger partial charge in [0.15, 0.2) is 0 Å². The fourth-order valence-electron chi connectivity index (χ4n) is 1.08. The van der Waals surface area contributed by atoms with Crippen LogP contribution in [0.4, 0.5) is 5.82 Å². The summed E-state index contributed by atoms with van der Waals surface area (Å²) in [6.45, 7) is 6.92. The molecule has 0 aliphatic rings. The zero-order chi connectivity index (χ0) is 10.0. The Morgan fingerprint density at radius 2 is 1.92 bits per heavy atom.